The van der Waals surface area contributed by atoms with E-state index in [1.807, 2.05) is 0 Å². The zero-order chi connectivity index (χ0) is 14.7. The first-order valence-corrected chi connectivity index (χ1v) is 6.56. The maximum Gasteiger partial charge on any atom is 0.345 e. The van der Waals surface area contributed by atoms with Gasteiger partial charge in [0.1, 0.15) is 5.75 Å². The Hall–Kier alpha value is -1.55. The van der Waals surface area contributed by atoms with Crippen LogP contribution in [0.5, 0.6) is 5.75 Å². The minimum absolute atomic E-state index is 0.102. The molecule has 0 fully saturated rings. The van der Waals surface area contributed by atoms with Crippen LogP contribution in [0, 0.1) is 0 Å². The molecule has 102 valence electrons. The van der Waals surface area contributed by atoms with Gasteiger partial charge < -0.3 is 4.74 Å². The average molecular weight is 330 g/mol. The second kappa shape index (κ2) is 6.27. The molecule has 0 spiro atoms. The van der Waals surface area contributed by atoms with E-state index >= 15 is 0 Å². The molecule has 0 aromatic heterocycles. The summed E-state index contributed by atoms with van der Waals surface area (Å²) in [5, 5.41) is 0.932. The molecule has 0 atom stereocenters. The van der Waals surface area contributed by atoms with Crippen molar-refractivity contribution in [3.8, 4) is 5.75 Å². The lowest BCUT2D eigenvalue weighted by Crippen LogP contribution is -2.10. The molecular formula is C14H7Cl3O3. The highest BCUT2D eigenvalue weighted by Crippen LogP contribution is 2.25. The molecule has 0 unspecified atom stereocenters. The van der Waals surface area contributed by atoms with Crippen LogP contribution in [0.1, 0.15) is 20.7 Å². The van der Waals surface area contributed by atoms with Gasteiger partial charge >= 0.3 is 5.97 Å². The van der Waals surface area contributed by atoms with E-state index in [2.05, 4.69) is 0 Å². The molecule has 2 aromatic carbocycles. The van der Waals surface area contributed by atoms with Crippen molar-refractivity contribution >= 4 is 47.1 Å². The predicted octanol–water partition coefficient (Wildman–Crippen LogP) is 4.68. The number of ether oxygens (including phenoxy) is 1. The second-order valence-corrected chi connectivity index (χ2v) is 5.09. The van der Waals surface area contributed by atoms with E-state index in [0.717, 1.165) is 0 Å². The molecule has 0 amide bonds. The summed E-state index contributed by atoms with van der Waals surface area (Å²) in [6.07, 6.45) is 0.550. The van der Waals surface area contributed by atoms with Crippen molar-refractivity contribution in [3.63, 3.8) is 0 Å². The summed E-state index contributed by atoms with van der Waals surface area (Å²) in [6.45, 7) is 0. The molecule has 0 aliphatic rings. The summed E-state index contributed by atoms with van der Waals surface area (Å²) in [4.78, 5) is 22.9. The highest BCUT2D eigenvalue weighted by atomic mass is 35.5. The van der Waals surface area contributed by atoms with Crippen LogP contribution in [0.4, 0.5) is 0 Å². The van der Waals surface area contributed by atoms with E-state index in [-0.39, 0.29) is 21.9 Å². The van der Waals surface area contributed by atoms with E-state index in [0.29, 0.717) is 16.3 Å². The van der Waals surface area contributed by atoms with Gasteiger partial charge in [0.25, 0.3) is 0 Å². The van der Waals surface area contributed by atoms with Crippen molar-refractivity contribution in [2.75, 3.05) is 0 Å². The summed E-state index contributed by atoms with van der Waals surface area (Å²) in [6, 6.07) is 8.78. The first-order valence-electron chi connectivity index (χ1n) is 5.43. The number of rotatable bonds is 3. The van der Waals surface area contributed by atoms with Crippen molar-refractivity contribution in [2.45, 2.75) is 0 Å². The van der Waals surface area contributed by atoms with Gasteiger partial charge in [0.05, 0.1) is 16.1 Å². The summed E-state index contributed by atoms with van der Waals surface area (Å²) < 4.78 is 5.14. The molecule has 0 N–H and O–H groups in total. The number of esters is 1. The largest absolute Gasteiger partial charge is 0.422 e. The van der Waals surface area contributed by atoms with Crippen molar-refractivity contribution in [1.82, 2.24) is 0 Å². The van der Waals surface area contributed by atoms with Crippen LogP contribution in [0.3, 0.4) is 0 Å². The number of hydrogen-bond donors (Lipinski definition) is 0. The number of carbonyl (C=O) groups excluding carboxylic acids is 2. The highest BCUT2D eigenvalue weighted by Gasteiger charge is 2.15. The van der Waals surface area contributed by atoms with Gasteiger partial charge in [0.2, 0.25) is 0 Å². The molecule has 20 heavy (non-hydrogen) atoms. The first-order chi connectivity index (χ1) is 9.51. The summed E-state index contributed by atoms with van der Waals surface area (Å²) >= 11 is 17.5. The van der Waals surface area contributed by atoms with E-state index in [9.17, 15) is 9.59 Å². The quantitative estimate of drug-likeness (QED) is 0.466. The van der Waals surface area contributed by atoms with Crippen molar-refractivity contribution < 1.29 is 14.3 Å². The number of halogens is 3. The third kappa shape index (κ3) is 3.31. The molecule has 2 aromatic rings. The molecule has 0 aliphatic heterocycles. The van der Waals surface area contributed by atoms with Crippen molar-refractivity contribution in [2.24, 2.45) is 0 Å². The van der Waals surface area contributed by atoms with Crippen LogP contribution in [-0.2, 0) is 0 Å². The highest BCUT2D eigenvalue weighted by molar-refractivity contribution is 6.35. The Morgan fingerprint density at radius 1 is 1.00 bits per heavy atom. The zero-order valence-corrected chi connectivity index (χ0v) is 12.2. The normalized spacial score (nSPS) is 10.2. The van der Waals surface area contributed by atoms with Gasteiger partial charge in [-0.2, -0.15) is 0 Å². The summed E-state index contributed by atoms with van der Waals surface area (Å²) in [5.41, 5.74) is 0.287. The van der Waals surface area contributed by atoms with Gasteiger partial charge in [-0.3, -0.25) is 4.79 Å². The lowest BCUT2D eigenvalue weighted by molar-refractivity contribution is 0.0733. The Kier molecular flexibility index (Phi) is 4.65. The standard InChI is InChI=1S/C14H7Cl3O3/c15-9-2-4-13(8(5-9)7-18)20-14(19)11-6-10(16)1-3-12(11)17/h1-7H. The second-order valence-electron chi connectivity index (χ2n) is 3.81. The Morgan fingerprint density at radius 3 is 2.35 bits per heavy atom. The number of aldehydes is 1. The molecule has 3 nitrogen and oxygen atoms in total. The Bertz CT molecular complexity index is 683. The van der Waals surface area contributed by atoms with E-state index in [4.69, 9.17) is 39.5 Å². The minimum atomic E-state index is -0.706. The maximum atomic E-state index is 12.0. The third-order valence-electron chi connectivity index (χ3n) is 2.45. The van der Waals surface area contributed by atoms with Crippen LogP contribution < -0.4 is 4.74 Å². The minimum Gasteiger partial charge on any atom is -0.422 e. The predicted molar refractivity (Wildman–Crippen MR) is 78.3 cm³/mol. The molecule has 6 heteroatoms. The smallest absolute Gasteiger partial charge is 0.345 e. The van der Waals surface area contributed by atoms with E-state index < -0.39 is 5.97 Å². The van der Waals surface area contributed by atoms with Gasteiger partial charge in [-0.25, -0.2) is 4.79 Å². The van der Waals surface area contributed by atoms with E-state index in [1.165, 1.54) is 30.3 Å². The van der Waals surface area contributed by atoms with Crippen molar-refractivity contribution in [1.29, 1.82) is 0 Å². The van der Waals surface area contributed by atoms with Crippen LogP contribution >= 0.6 is 34.8 Å². The monoisotopic (exact) mass is 328 g/mol. The Balaban J connectivity index is 2.32. The first kappa shape index (κ1) is 14.9. The number of carbonyl (C=O) groups is 2. The van der Waals surface area contributed by atoms with Gasteiger partial charge in [-0.05, 0) is 36.4 Å². The summed E-state index contributed by atoms with van der Waals surface area (Å²) in [7, 11) is 0. The van der Waals surface area contributed by atoms with Gasteiger partial charge in [0.15, 0.2) is 6.29 Å². The Labute approximate surface area is 130 Å². The average Bonchev–Trinajstić information content (AvgIpc) is 2.43. The van der Waals surface area contributed by atoms with Gasteiger partial charge in [-0.15, -0.1) is 0 Å². The molecule has 0 saturated heterocycles. The molecule has 0 saturated carbocycles. The Morgan fingerprint density at radius 2 is 1.65 bits per heavy atom. The molecule has 0 aliphatic carbocycles. The molecule has 0 radical (unpaired) electrons. The zero-order valence-electron chi connectivity index (χ0n) is 9.90. The van der Waals surface area contributed by atoms with Crippen LogP contribution in [0.2, 0.25) is 15.1 Å². The summed E-state index contributed by atoms with van der Waals surface area (Å²) in [5.74, 6) is -0.603. The molecule has 0 bridgehead atoms. The number of benzene rings is 2. The fourth-order valence-electron chi connectivity index (χ4n) is 1.51. The molecule has 0 heterocycles. The van der Waals surface area contributed by atoms with Crippen LogP contribution in [0.15, 0.2) is 36.4 Å². The lowest BCUT2D eigenvalue weighted by Gasteiger charge is -2.08. The number of hydrogen-bond acceptors (Lipinski definition) is 3. The SMILES string of the molecule is O=Cc1cc(Cl)ccc1OC(=O)c1cc(Cl)ccc1Cl. The van der Waals surface area contributed by atoms with Crippen LogP contribution in [-0.4, -0.2) is 12.3 Å². The van der Waals surface area contributed by atoms with E-state index in [1.54, 1.807) is 6.07 Å². The lowest BCUT2D eigenvalue weighted by atomic mass is 10.2. The fraction of sp³-hybridized carbons (Fsp3) is 0. The maximum absolute atomic E-state index is 12.0. The fourth-order valence-corrected chi connectivity index (χ4v) is 2.06. The molecular weight excluding hydrogens is 323 g/mol. The molecule has 2 rings (SSSR count). The van der Waals surface area contributed by atoms with Crippen LogP contribution in [0.25, 0.3) is 0 Å². The van der Waals surface area contributed by atoms with Gasteiger partial charge in [0, 0.05) is 10.0 Å². The topological polar surface area (TPSA) is 43.4 Å². The third-order valence-corrected chi connectivity index (χ3v) is 3.25. The van der Waals surface area contributed by atoms with Crippen molar-refractivity contribution in [3.05, 3.63) is 62.6 Å². The van der Waals surface area contributed by atoms with Gasteiger partial charge in [-0.1, -0.05) is 34.8 Å².